The van der Waals surface area contributed by atoms with E-state index in [1.165, 1.54) is 32.1 Å². The van der Waals surface area contributed by atoms with E-state index in [2.05, 4.69) is 59.4 Å². The highest BCUT2D eigenvalue weighted by Crippen LogP contribution is 2.43. The first kappa shape index (κ1) is 55.0. The van der Waals surface area contributed by atoms with Crippen molar-refractivity contribution in [3.8, 4) is 0 Å². The molecule has 0 aliphatic rings. The number of carbonyl (C=O) groups is 2. The molecule has 0 fully saturated rings. The van der Waals surface area contributed by atoms with E-state index in [-0.39, 0.29) is 18.9 Å². The largest absolute Gasteiger partial charge is 0.472 e. The van der Waals surface area contributed by atoms with Crippen LogP contribution in [0.15, 0.2) is 48.6 Å². The SMILES string of the molecule is CCC(C)CCCCCCCCCCC(=O)O[C@H](COC(=O)CCC/C=C\C/C=C\C/C=C\C/C=C\CC[C@@H](O)CC)COP(=O)(O)OC[C@@H](O)COP(=O)(O)O. The smallest absolute Gasteiger partial charge is 0.462 e. The summed E-state index contributed by atoms with van der Waals surface area (Å²) in [5, 5.41) is 19.3. The van der Waals surface area contributed by atoms with Crippen LogP contribution in [0.3, 0.4) is 0 Å². The molecular formula is C41H74O14P2. The van der Waals surface area contributed by atoms with Crippen LogP contribution in [0.5, 0.6) is 0 Å². The summed E-state index contributed by atoms with van der Waals surface area (Å²) in [4.78, 5) is 52.5. The minimum atomic E-state index is -4.87. The van der Waals surface area contributed by atoms with E-state index < -0.39 is 66.2 Å². The van der Waals surface area contributed by atoms with Gasteiger partial charge in [0.25, 0.3) is 0 Å². The second kappa shape index (κ2) is 35.9. The van der Waals surface area contributed by atoms with Crippen molar-refractivity contribution in [1.29, 1.82) is 0 Å². The van der Waals surface area contributed by atoms with Crippen molar-refractivity contribution in [3.05, 3.63) is 48.6 Å². The van der Waals surface area contributed by atoms with Crippen molar-refractivity contribution in [2.75, 3.05) is 26.4 Å². The van der Waals surface area contributed by atoms with Gasteiger partial charge in [-0.1, -0.05) is 127 Å². The first-order valence-corrected chi connectivity index (χ1v) is 23.8. The second-order valence-corrected chi connectivity index (χ2v) is 17.0. The summed E-state index contributed by atoms with van der Waals surface area (Å²) < 4.78 is 47.6. The maximum absolute atomic E-state index is 12.6. The zero-order valence-corrected chi connectivity index (χ0v) is 36.5. The molecule has 5 atom stereocenters. The van der Waals surface area contributed by atoms with Gasteiger partial charge in [-0.15, -0.1) is 0 Å². The molecule has 2 unspecified atom stereocenters. The van der Waals surface area contributed by atoms with E-state index in [1.54, 1.807) is 0 Å². The summed E-state index contributed by atoms with van der Waals surface area (Å²) in [7, 11) is -9.69. The predicted molar refractivity (Wildman–Crippen MR) is 222 cm³/mol. The Morgan fingerprint density at radius 3 is 1.65 bits per heavy atom. The topological polar surface area (TPSA) is 216 Å². The van der Waals surface area contributed by atoms with Crippen LogP contribution in [0, 0.1) is 5.92 Å². The van der Waals surface area contributed by atoms with Gasteiger partial charge in [-0.2, -0.15) is 0 Å². The lowest BCUT2D eigenvalue weighted by Gasteiger charge is -2.20. The molecule has 0 radical (unpaired) electrons. The Morgan fingerprint density at radius 1 is 0.561 bits per heavy atom. The minimum absolute atomic E-state index is 0.105. The zero-order chi connectivity index (χ0) is 42.6. The first-order chi connectivity index (χ1) is 27.2. The van der Waals surface area contributed by atoms with Gasteiger partial charge in [0.2, 0.25) is 0 Å². The quantitative estimate of drug-likeness (QED) is 0.0170. The molecule has 332 valence electrons. The van der Waals surface area contributed by atoms with Crippen molar-refractivity contribution >= 4 is 27.6 Å². The molecule has 0 saturated heterocycles. The molecule has 0 aromatic carbocycles. The molecule has 0 aliphatic carbocycles. The molecule has 0 spiro atoms. The summed E-state index contributed by atoms with van der Waals surface area (Å²) in [6.07, 6.45) is 30.7. The number of esters is 2. The molecule has 16 heteroatoms. The third kappa shape index (κ3) is 39.3. The summed E-state index contributed by atoms with van der Waals surface area (Å²) in [5.74, 6) is -0.339. The van der Waals surface area contributed by atoms with Crippen LogP contribution in [0.25, 0.3) is 0 Å². The molecule has 0 amide bonds. The third-order valence-corrected chi connectivity index (χ3v) is 10.4. The van der Waals surface area contributed by atoms with Crippen LogP contribution in [0.4, 0.5) is 0 Å². The molecule has 0 aliphatic heterocycles. The van der Waals surface area contributed by atoms with Gasteiger partial charge in [-0.25, -0.2) is 9.13 Å². The van der Waals surface area contributed by atoms with Gasteiger partial charge < -0.3 is 34.4 Å². The molecule has 14 nitrogen and oxygen atoms in total. The van der Waals surface area contributed by atoms with E-state index in [0.29, 0.717) is 19.3 Å². The van der Waals surface area contributed by atoms with Gasteiger partial charge in [0.1, 0.15) is 12.7 Å². The van der Waals surface area contributed by atoms with Crippen molar-refractivity contribution in [2.24, 2.45) is 5.92 Å². The maximum atomic E-state index is 12.6. The fourth-order valence-electron chi connectivity index (χ4n) is 5.18. The highest BCUT2D eigenvalue weighted by molar-refractivity contribution is 7.47. The fraction of sp³-hybridized carbons (Fsp3) is 0.756. The van der Waals surface area contributed by atoms with Crippen LogP contribution in [-0.4, -0.2) is 81.6 Å². The molecule has 57 heavy (non-hydrogen) atoms. The number of rotatable bonds is 38. The summed E-state index contributed by atoms with van der Waals surface area (Å²) in [5.41, 5.74) is 0. The van der Waals surface area contributed by atoms with Crippen molar-refractivity contribution in [1.82, 2.24) is 0 Å². The Kier molecular flexibility index (Phi) is 34.7. The summed E-state index contributed by atoms with van der Waals surface area (Å²) >= 11 is 0. The van der Waals surface area contributed by atoms with Crippen LogP contribution in [0.2, 0.25) is 0 Å². The van der Waals surface area contributed by atoms with Gasteiger partial charge in [0, 0.05) is 12.8 Å². The van der Waals surface area contributed by atoms with E-state index >= 15 is 0 Å². The number of aliphatic hydroxyl groups is 2. The van der Waals surface area contributed by atoms with Crippen LogP contribution in [-0.2, 0) is 41.8 Å². The van der Waals surface area contributed by atoms with E-state index in [9.17, 15) is 33.8 Å². The Balaban J connectivity index is 4.64. The number of allylic oxidation sites excluding steroid dienone is 8. The van der Waals surface area contributed by atoms with E-state index in [1.807, 2.05) is 19.1 Å². The van der Waals surface area contributed by atoms with Crippen molar-refractivity contribution < 1.29 is 66.7 Å². The molecule has 0 aromatic heterocycles. The van der Waals surface area contributed by atoms with Gasteiger partial charge in [-0.05, 0) is 63.7 Å². The van der Waals surface area contributed by atoms with Gasteiger partial charge in [0.15, 0.2) is 6.10 Å². The Morgan fingerprint density at radius 2 is 1.07 bits per heavy atom. The standard InChI is InChI=1S/C41H74O14P2/c1-4-36(3)28-24-20-16-14-15-19-23-27-31-41(45)55-39(35-54-57(49,50)53-33-38(43)32-52-56(46,47)48)34-51-40(44)30-26-22-18-13-11-9-7-6-8-10-12-17-21-25-29-37(42)5-2/h7-10,13,17-18,21,36-39,42-43H,4-6,11-12,14-16,19-20,22-35H2,1-3H3,(H,49,50)(H2,46,47,48)/b9-7-,10-8-,18-13-,21-17-/t36?,37-,38-,39+/m0/s1. The molecule has 0 heterocycles. The molecule has 5 N–H and O–H groups in total. The molecule has 0 aromatic rings. The number of phosphoric ester groups is 2. The van der Waals surface area contributed by atoms with Gasteiger partial charge in [0.05, 0.1) is 25.9 Å². The average molecular weight is 853 g/mol. The van der Waals surface area contributed by atoms with Crippen molar-refractivity contribution in [2.45, 2.75) is 167 Å². The molecular weight excluding hydrogens is 778 g/mol. The maximum Gasteiger partial charge on any atom is 0.472 e. The lowest BCUT2D eigenvalue weighted by Crippen LogP contribution is -2.30. The molecule has 0 saturated carbocycles. The minimum Gasteiger partial charge on any atom is -0.462 e. The Labute approximate surface area is 342 Å². The van der Waals surface area contributed by atoms with Gasteiger partial charge >= 0.3 is 27.6 Å². The Hall–Kier alpha value is -1.96. The Bertz CT molecular complexity index is 1230. The number of unbranched alkanes of at least 4 members (excludes halogenated alkanes) is 8. The molecule has 0 rings (SSSR count). The van der Waals surface area contributed by atoms with Gasteiger partial charge in [-0.3, -0.25) is 23.2 Å². The average Bonchev–Trinajstić information content (AvgIpc) is 3.17. The third-order valence-electron chi connectivity index (χ3n) is 8.91. The van der Waals surface area contributed by atoms with E-state index in [4.69, 9.17) is 23.8 Å². The zero-order valence-electron chi connectivity index (χ0n) is 34.7. The predicted octanol–water partition coefficient (Wildman–Crippen LogP) is 9.11. The number of hydrogen-bond donors (Lipinski definition) is 5. The number of phosphoric acid groups is 2. The van der Waals surface area contributed by atoms with Crippen molar-refractivity contribution in [3.63, 3.8) is 0 Å². The van der Waals surface area contributed by atoms with Crippen LogP contribution < -0.4 is 0 Å². The highest BCUT2D eigenvalue weighted by atomic mass is 31.2. The number of carbonyl (C=O) groups excluding carboxylic acids is 2. The second-order valence-electron chi connectivity index (χ2n) is 14.3. The van der Waals surface area contributed by atoms with Crippen LogP contribution in [0.1, 0.15) is 149 Å². The highest BCUT2D eigenvalue weighted by Gasteiger charge is 2.28. The lowest BCUT2D eigenvalue weighted by molar-refractivity contribution is -0.161. The lowest BCUT2D eigenvalue weighted by atomic mass is 9.99. The number of hydrogen-bond acceptors (Lipinski definition) is 11. The monoisotopic (exact) mass is 852 g/mol. The summed E-state index contributed by atoms with van der Waals surface area (Å²) in [6.45, 7) is 3.69. The molecule has 0 bridgehead atoms. The first-order valence-electron chi connectivity index (χ1n) is 20.8. The van der Waals surface area contributed by atoms with E-state index in [0.717, 1.165) is 70.1 Å². The summed E-state index contributed by atoms with van der Waals surface area (Å²) in [6, 6.07) is 0. The normalized spacial score (nSPS) is 15.7. The fourth-order valence-corrected chi connectivity index (χ4v) is 6.33. The number of ether oxygens (including phenoxy) is 2. The van der Waals surface area contributed by atoms with Crippen LogP contribution >= 0.6 is 15.6 Å². The number of aliphatic hydroxyl groups excluding tert-OH is 2.